The number of aryl methyl sites for hydroxylation is 1. The summed E-state index contributed by atoms with van der Waals surface area (Å²) in [4.78, 5) is 23.1. The maximum absolute atomic E-state index is 11.5. The Morgan fingerprint density at radius 1 is 1.38 bits per heavy atom. The molecule has 0 unspecified atom stereocenters. The molecule has 0 aliphatic carbocycles. The van der Waals surface area contributed by atoms with Crippen LogP contribution in [0.3, 0.4) is 0 Å². The molecule has 0 saturated heterocycles. The standard InChI is InChI=1S/C14H25N5OS/c1-9(2)13-10(3)21-11(18-13)7-16-14(15-4)17-8-12(20)19(5)6/h9H,7-8H2,1-6H3,(H2,15,16,17). The molecule has 118 valence electrons. The number of nitrogens with one attached hydrogen (secondary N) is 2. The quantitative estimate of drug-likeness (QED) is 0.636. The number of rotatable bonds is 5. The van der Waals surface area contributed by atoms with Gasteiger partial charge in [-0.2, -0.15) is 0 Å². The minimum Gasteiger partial charge on any atom is -0.350 e. The molecule has 0 atom stereocenters. The van der Waals surface area contributed by atoms with Crippen LogP contribution in [-0.4, -0.2) is 49.4 Å². The van der Waals surface area contributed by atoms with Crippen molar-refractivity contribution in [2.24, 2.45) is 4.99 Å². The van der Waals surface area contributed by atoms with Gasteiger partial charge in [-0.05, 0) is 12.8 Å². The van der Waals surface area contributed by atoms with Gasteiger partial charge in [-0.15, -0.1) is 11.3 Å². The predicted molar refractivity (Wildman–Crippen MR) is 87.8 cm³/mol. The van der Waals surface area contributed by atoms with E-state index in [1.807, 2.05) is 0 Å². The average Bonchev–Trinajstić information content (AvgIpc) is 2.79. The summed E-state index contributed by atoms with van der Waals surface area (Å²) < 4.78 is 0. The lowest BCUT2D eigenvalue weighted by atomic mass is 10.1. The fourth-order valence-electron chi connectivity index (χ4n) is 1.77. The van der Waals surface area contributed by atoms with E-state index in [9.17, 15) is 4.79 Å². The third kappa shape index (κ3) is 5.34. The molecule has 21 heavy (non-hydrogen) atoms. The molecule has 7 heteroatoms. The first-order valence-electron chi connectivity index (χ1n) is 6.96. The van der Waals surface area contributed by atoms with Crippen molar-refractivity contribution in [1.29, 1.82) is 0 Å². The molecule has 6 nitrogen and oxygen atoms in total. The lowest BCUT2D eigenvalue weighted by Crippen LogP contribution is -2.42. The molecule has 1 aromatic heterocycles. The second-order valence-electron chi connectivity index (χ2n) is 5.27. The van der Waals surface area contributed by atoms with Crippen molar-refractivity contribution in [3.05, 3.63) is 15.6 Å². The van der Waals surface area contributed by atoms with Gasteiger partial charge in [0.05, 0.1) is 18.8 Å². The van der Waals surface area contributed by atoms with Crippen molar-refractivity contribution >= 4 is 23.2 Å². The fraction of sp³-hybridized carbons (Fsp3) is 0.643. The van der Waals surface area contributed by atoms with E-state index in [0.717, 1.165) is 10.7 Å². The van der Waals surface area contributed by atoms with Crippen molar-refractivity contribution in [2.45, 2.75) is 33.2 Å². The van der Waals surface area contributed by atoms with Crippen molar-refractivity contribution in [2.75, 3.05) is 27.7 Å². The summed E-state index contributed by atoms with van der Waals surface area (Å²) in [6, 6.07) is 0. The summed E-state index contributed by atoms with van der Waals surface area (Å²) in [5.41, 5.74) is 1.16. The molecule has 0 spiro atoms. The largest absolute Gasteiger partial charge is 0.350 e. The monoisotopic (exact) mass is 311 g/mol. The molecule has 0 aliphatic rings. The third-order valence-electron chi connectivity index (χ3n) is 2.96. The number of amides is 1. The Kier molecular flexibility index (Phi) is 6.61. The Morgan fingerprint density at radius 2 is 2.05 bits per heavy atom. The molecule has 1 rings (SSSR count). The lowest BCUT2D eigenvalue weighted by molar-refractivity contribution is -0.127. The molecule has 0 fully saturated rings. The van der Waals surface area contributed by atoms with Crippen LogP contribution in [-0.2, 0) is 11.3 Å². The van der Waals surface area contributed by atoms with Crippen molar-refractivity contribution < 1.29 is 4.79 Å². The zero-order chi connectivity index (χ0) is 16.0. The van der Waals surface area contributed by atoms with Gasteiger partial charge in [0.25, 0.3) is 0 Å². The van der Waals surface area contributed by atoms with Gasteiger partial charge in [0.15, 0.2) is 5.96 Å². The summed E-state index contributed by atoms with van der Waals surface area (Å²) in [6.45, 7) is 7.22. The minimum absolute atomic E-state index is 0.00476. The third-order valence-corrected chi connectivity index (χ3v) is 3.95. The molecule has 2 N–H and O–H groups in total. The van der Waals surface area contributed by atoms with E-state index in [1.54, 1.807) is 37.4 Å². The normalized spacial score (nSPS) is 11.7. The SMILES string of the molecule is CN=C(NCC(=O)N(C)C)NCc1nc(C(C)C)c(C)s1. The maximum atomic E-state index is 11.5. The zero-order valence-corrected chi connectivity index (χ0v) is 14.5. The molecule has 0 bridgehead atoms. The van der Waals surface area contributed by atoms with Gasteiger partial charge in [0, 0.05) is 26.0 Å². The number of hydrogen-bond acceptors (Lipinski definition) is 4. The van der Waals surface area contributed by atoms with E-state index in [4.69, 9.17) is 0 Å². The molecule has 0 radical (unpaired) electrons. The Bertz CT molecular complexity index is 507. The summed E-state index contributed by atoms with van der Waals surface area (Å²) in [5.74, 6) is 1.04. The number of guanidine groups is 1. The Labute approximate surface area is 130 Å². The topological polar surface area (TPSA) is 69.6 Å². The Balaban J connectivity index is 2.52. The summed E-state index contributed by atoms with van der Waals surface area (Å²) >= 11 is 1.69. The van der Waals surface area contributed by atoms with E-state index < -0.39 is 0 Å². The molecule has 1 amide bonds. The van der Waals surface area contributed by atoms with Crippen LogP contribution < -0.4 is 10.6 Å². The first-order chi connectivity index (χ1) is 9.85. The van der Waals surface area contributed by atoms with Crippen molar-refractivity contribution in [3.8, 4) is 0 Å². The Morgan fingerprint density at radius 3 is 2.52 bits per heavy atom. The van der Waals surface area contributed by atoms with Crippen LogP contribution >= 0.6 is 11.3 Å². The van der Waals surface area contributed by atoms with Crippen LogP contribution in [0.4, 0.5) is 0 Å². The molecular formula is C14H25N5OS. The minimum atomic E-state index is 0.00476. The molecular weight excluding hydrogens is 286 g/mol. The highest BCUT2D eigenvalue weighted by molar-refractivity contribution is 7.11. The van der Waals surface area contributed by atoms with Crippen molar-refractivity contribution in [1.82, 2.24) is 20.5 Å². The van der Waals surface area contributed by atoms with Crippen LogP contribution in [0, 0.1) is 6.92 Å². The second-order valence-corrected chi connectivity index (χ2v) is 6.56. The van der Waals surface area contributed by atoms with Gasteiger partial charge < -0.3 is 15.5 Å². The first-order valence-corrected chi connectivity index (χ1v) is 7.77. The number of carbonyl (C=O) groups is 1. The highest BCUT2D eigenvalue weighted by atomic mass is 32.1. The number of aliphatic imine (C=N–C) groups is 1. The highest BCUT2D eigenvalue weighted by Crippen LogP contribution is 2.23. The molecule has 0 saturated carbocycles. The maximum Gasteiger partial charge on any atom is 0.241 e. The van der Waals surface area contributed by atoms with Gasteiger partial charge in [-0.1, -0.05) is 13.8 Å². The fourth-order valence-corrected chi connectivity index (χ4v) is 2.80. The Hall–Kier alpha value is -1.63. The molecule has 1 heterocycles. The first kappa shape index (κ1) is 17.4. The van der Waals surface area contributed by atoms with Gasteiger partial charge in [0.1, 0.15) is 5.01 Å². The van der Waals surface area contributed by atoms with Crippen LogP contribution in [0.15, 0.2) is 4.99 Å². The molecule has 0 aromatic carbocycles. The van der Waals surface area contributed by atoms with Crippen LogP contribution in [0.5, 0.6) is 0 Å². The van der Waals surface area contributed by atoms with Gasteiger partial charge in [0.2, 0.25) is 5.91 Å². The van der Waals surface area contributed by atoms with Gasteiger partial charge in [-0.25, -0.2) is 4.98 Å². The number of carbonyl (C=O) groups excluding carboxylic acids is 1. The number of thiazole rings is 1. The molecule has 0 aliphatic heterocycles. The predicted octanol–water partition coefficient (Wildman–Crippen LogP) is 1.33. The highest BCUT2D eigenvalue weighted by Gasteiger charge is 2.11. The van der Waals surface area contributed by atoms with Gasteiger partial charge >= 0.3 is 0 Å². The summed E-state index contributed by atoms with van der Waals surface area (Å²) in [7, 11) is 5.14. The van der Waals surface area contributed by atoms with Crippen LogP contribution in [0.25, 0.3) is 0 Å². The van der Waals surface area contributed by atoms with E-state index in [1.165, 1.54) is 4.88 Å². The van der Waals surface area contributed by atoms with Gasteiger partial charge in [-0.3, -0.25) is 9.79 Å². The average molecular weight is 311 g/mol. The second kappa shape index (κ2) is 7.97. The summed E-state index contributed by atoms with van der Waals surface area (Å²) in [6.07, 6.45) is 0. The van der Waals surface area contributed by atoms with Crippen LogP contribution in [0.1, 0.15) is 35.3 Å². The number of nitrogens with zero attached hydrogens (tertiary/aromatic N) is 3. The van der Waals surface area contributed by atoms with Crippen molar-refractivity contribution in [3.63, 3.8) is 0 Å². The number of likely N-dealkylation sites (N-methyl/N-ethyl adjacent to an activating group) is 1. The smallest absolute Gasteiger partial charge is 0.241 e. The van der Waals surface area contributed by atoms with E-state index in [2.05, 4.69) is 41.4 Å². The lowest BCUT2D eigenvalue weighted by Gasteiger charge is -2.13. The summed E-state index contributed by atoms with van der Waals surface area (Å²) in [5, 5.41) is 7.19. The van der Waals surface area contributed by atoms with E-state index in [-0.39, 0.29) is 12.5 Å². The zero-order valence-electron chi connectivity index (χ0n) is 13.6. The number of aromatic nitrogens is 1. The number of hydrogen-bond donors (Lipinski definition) is 2. The van der Waals surface area contributed by atoms with E-state index in [0.29, 0.717) is 18.4 Å². The molecule has 1 aromatic rings. The van der Waals surface area contributed by atoms with E-state index >= 15 is 0 Å². The van der Waals surface area contributed by atoms with Crippen LogP contribution in [0.2, 0.25) is 0 Å².